The van der Waals surface area contributed by atoms with E-state index in [-0.39, 0.29) is 5.91 Å². The highest BCUT2D eigenvalue weighted by Crippen LogP contribution is 2.17. The number of rotatable bonds is 8. The van der Waals surface area contributed by atoms with Crippen LogP contribution < -0.4 is 10.1 Å². The molecule has 1 fully saturated rings. The van der Waals surface area contributed by atoms with Gasteiger partial charge in [0, 0.05) is 19.0 Å². The molecule has 1 aliphatic heterocycles. The Kier molecular flexibility index (Phi) is 6.90. The molecule has 0 spiro atoms. The van der Waals surface area contributed by atoms with Crippen LogP contribution in [0.1, 0.15) is 38.7 Å². The highest BCUT2D eigenvalue weighted by molar-refractivity contribution is 5.76. The molecule has 1 saturated heterocycles. The number of methoxy groups -OCH3 is 1. The lowest BCUT2D eigenvalue weighted by Gasteiger charge is -2.31. The number of nitrogens with zero attached hydrogens (tertiary/aromatic N) is 1. The molecule has 0 bridgehead atoms. The largest absolute Gasteiger partial charge is 0.497 e. The molecule has 1 aromatic rings. The van der Waals surface area contributed by atoms with Crippen LogP contribution in [0.25, 0.3) is 0 Å². The maximum absolute atomic E-state index is 12.1. The third-order valence-corrected chi connectivity index (χ3v) is 4.69. The van der Waals surface area contributed by atoms with Crippen molar-refractivity contribution in [3.63, 3.8) is 0 Å². The smallest absolute Gasteiger partial charge is 0.220 e. The number of likely N-dealkylation sites (tertiary alicyclic amines) is 1. The fraction of sp³-hybridized carbons (Fsp3) is 0.632. The van der Waals surface area contributed by atoms with E-state index >= 15 is 0 Å². The first-order valence-corrected chi connectivity index (χ1v) is 8.74. The zero-order valence-electron chi connectivity index (χ0n) is 14.7. The Bertz CT molecular complexity index is 479. The second kappa shape index (κ2) is 8.92. The quantitative estimate of drug-likeness (QED) is 0.801. The SMILES string of the molecule is COc1ccc(CCC(=O)NCC(C(C)C)N2CCCC2)cc1. The number of benzene rings is 1. The molecule has 4 heteroatoms. The summed E-state index contributed by atoms with van der Waals surface area (Å²) in [4.78, 5) is 14.6. The van der Waals surface area contributed by atoms with Crippen LogP contribution in [-0.2, 0) is 11.2 Å². The van der Waals surface area contributed by atoms with Crippen molar-refractivity contribution in [1.29, 1.82) is 0 Å². The van der Waals surface area contributed by atoms with Crippen LogP contribution in [-0.4, -0.2) is 43.6 Å². The minimum Gasteiger partial charge on any atom is -0.497 e. The molecule has 1 aromatic carbocycles. The van der Waals surface area contributed by atoms with Gasteiger partial charge in [-0.3, -0.25) is 9.69 Å². The standard InChI is InChI=1S/C19H30N2O2/c1-15(2)18(21-12-4-5-13-21)14-20-19(22)11-8-16-6-9-17(23-3)10-7-16/h6-7,9-10,15,18H,4-5,8,11-14H2,1-3H3,(H,20,22). The molecule has 0 radical (unpaired) electrons. The number of nitrogens with one attached hydrogen (secondary N) is 1. The monoisotopic (exact) mass is 318 g/mol. The molecule has 23 heavy (non-hydrogen) atoms. The Morgan fingerprint density at radius 3 is 2.43 bits per heavy atom. The summed E-state index contributed by atoms with van der Waals surface area (Å²) in [5.74, 6) is 1.56. The van der Waals surface area contributed by atoms with E-state index in [0.717, 1.165) is 18.7 Å². The third-order valence-electron chi connectivity index (χ3n) is 4.69. The molecule has 1 N–H and O–H groups in total. The number of carbonyl (C=O) groups is 1. The summed E-state index contributed by atoms with van der Waals surface area (Å²) in [6.45, 7) is 7.59. The number of amides is 1. The van der Waals surface area contributed by atoms with Crippen molar-refractivity contribution in [3.8, 4) is 5.75 Å². The first-order valence-electron chi connectivity index (χ1n) is 8.74. The topological polar surface area (TPSA) is 41.6 Å². The molecular formula is C19H30N2O2. The lowest BCUT2D eigenvalue weighted by Crippen LogP contribution is -2.45. The molecule has 1 aliphatic rings. The lowest BCUT2D eigenvalue weighted by molar-refractivity contribution is -0.121. The summed E-state index contributed by atoms with van der Waals surface area (Å²) >= 11 is 0. The Morgan fingerprint density at radius 1 is 1.22 bits per heavy atom. The zero-order valence-corrected chi connectivity index (χ0v) is 14.7. The molecule has 0 saturated carbocycles. The first kappa shape index (κ1) is 17.8. The summed E-state index contributed by atoms with van der Waals surface area (Å²) in [7, 11) is 1.66. The minimum atomic E-state index is 0.144. The highest BCUT2D eigenvalue weighted by Gasteiger charge is 2.24. The fourth-order valence-electron chi connectivity index (χ4n) is 3.22. The van der Waals surface area contributed by atoms with Crippen molar-refractivity contribution in [1.82, 2.24) is 10.2 Å². The van der Waals surface area contributed by atoms with Crippen LogP contribution in [0.4, 0.5) is 0 Å². The van der Waals surface area contributed by atoms with Gasteiger partial charge in [0.1, 0.15) is 5.75 Å². The van der Waals surface area contributed by atoms with Crippen LogP contribution in [0.3, 0.4) is 0 Å². The number of ether oxygens (including phenoxy) is 1. The summed E-state index contributed by atoms with van der Waals surface area (Å²) in [5, 5.41) is 3.13. The van der Waals surface area contributed by atoms with Gasteiger partial charge in [0.25, 0.3) is 0 Å². The van der Waals surface area contributed by atoms with Crippen LogP contribution >= 0.6 is 0 Å². The Hall–Kier alpha value is -1.55. The van der Waals surface area contributed by atoms with Gasteiger partial charge in [0.15, 0.2) is 0 Å². The molecule has 1 amide bonds. The average Bonchev–Trinajstić information content (AvgIpc) is 3.07. The molecule has 1 unspecified atom stereocenters. The summed E-state index contributed by atoms with van der Waals surface area (Å²) in [5.41, 5.74) is 1.17. The molecule has 128 valence electrons. The van der Waals surface area contributed by atoms with Gasteiger partial charge < -0.3 is 10.1 Å². The molecule has 4 nitrogen and oxygen atoms in total. The molecule has 1 atom stereocenters. The van der Waals surface area contributed by atoms with E-state index in [9.17, 15) is 4.79 Å². The van der Waals surface area contributed by atoms with Gasteiger partial charge in [-0.1, -0.05) is 26.0 Å². The lowest BCUT2D eigenvalue weighted by atomic mass is 10.0. The zero-order chi connectivity index (χ0) is 16.7. The van der Waals surface area contributed by atoms with Gasteiger partial charge in [0.05, 0.1) is 7.11 Å². The van der Waals surface area contributed by atoms with Crippen molar-refractivity contribution in [3.05, 3.63) is 29.8 Å². The predicted octanol–water partition coefficient (Wildman–Crippen LogP) is 2.86. The molecule has 2 rings (SSSR count). The average molecular weight is 318 g/mol. The van der Waals surface area contributed by atoms with Crippen LogP contribution in [0, 0.1) is 5.92 Å². The Morgan fingerprint density at radius 2 is 1.87 bits per heavy atom. The number of aryl methyl sites for hydroxylation is 1. The number of hydrogen-bond acceptors (Lipinski definition) is 3. The minimum absolute atomic E-state index is 0.144. The highest BCUT2D eigenvalue weighted by atomic mass is 16.5. The van der Waals surface area contributed by atoms with Crippen LogP contribution in [0.2, 0.25) is 0 Å². The third kappa shape index (κ3) is 5.54. The fourth-order valence-corrected chi connectivity index (χ4v) is 3.22. The summed E-state index contributed by atoms with van der Waals surface area (Å²) in [6.07, 6.45) is 3.88. The van der Waals surface area contributed by atoms with Crippen LogP contribution in [0.5, 0.6) is 5.75 Å². The van der Waals surface area contributed by atoms with Crippen molar-refractivity contribution in [2.45, 2.75) is 45.6 Å². The van der Waals surface area contributed by atoms with E-state index in [1.54, 1.807) is 7.11 Å². The van der Waals surface area contributed by atoms with Crippen molar-refractivity contribution in [2.24, 2.45) is 5.92 Å². The first-order chi connectivity index (χ1) is 11.1. The van der Waals surface area contributed by atoms with E-state index in [4.69, 9.17) is 4.74 Å². The van der Waals surface area contributed by atoms with Gasteiger partial charge in [0.2, 0.25) is 5.91 Å². The number of carbonyl (C=O) groups excluding carboxylic acids is 1. The summed E-state index contributed by atoms with van der Waals surface area (Å²) in [6, 6.07) is 8.38. The van der Waals surface area contributed by atoms with E-state index < -0.39 is 0 Å². The van der Waals surface area contributed by atoms with E-state index in [2.05, 4.69) is 24.1 Å². The molecule has 1 heterocycles. The van der Waals surface area contributed by atoms with Crippen molar-refractivity contribution >= 4 is 5.91 Å². The Balaban J connectivity index is 1.74. The summed E-state index contributed by atoms with van der Waals surface area (Å²) < 4.78 is 5.15. The second-order valence-corrected chi connectivity index (χ2v) is 6.71. The molecule has 0 aromatic heterocycles. The van der Waals surface area contributed by atoms with E-state index in [0.29, 0.717) is 18.4 Å². The molecular weight excluding hydrogens is 288 g/mol. The normalized spacial score (nSPS) is 16.5. The maximum atomic E-state index is 12.1. The maximum Gasteiger partial charge on any atom is 0.220 e. The van der Waals surface area contributed by atoms with E-state index in [1.165, 1.54) is 31.5 Å². The van der Waals surface area contributed by atoms with Crippen molar-refractivity contribution in [2.75, 3.05) is 26.7 Å². The van der Waals surface area contributed by atoms with Gasteiger partial charge in [-0.25, -0.2) is 0 Å². The van der Waals surface area contributed by atoms with Gasteiger partial charge in [-0.05, 0) is 56.0 Å². The second-order valence-electron chi connectivity index (χ2n) is 6.71. The molecule has 0 aliphatic carbocycles. The van der Waals surface area contributed by atoms with Gasteiger partial charge in [-0.2, -0.15) is 0 Å². The van der Waals surface area contributed by atoms with Crippen molar-refractivity contribution < 1.29 is 9.53 Å². The van der Waals surface area contributed by atoms with Gasteiger partial charge >= 0.3 is 0 Å². The number of hydrogen-bond donors (Lipinski definition) is 1. The predicted molar refractivity (Wildman–Crippen MR) is 93.8 cm³/mol. The van der Waals surface area contributed by atoms with Gasteiger partial charge in [-0.15, -0.1) is 0 Å². The van der Waals surface area contributed by atoms with E-state index in [1.807, 2.05) is 24.3 Å². The Labute approximate surface area is 140 Å². The van der Waals surface area contributed by atoms with Crippen LogP contribution in [0.15, 0.2) is 24.3 Å².